The summed E-state index contributed by atoms with van der Waals surface area (Å²) in [4.78, 5) is 14.2. The number of nitrogens with zero attached hydrogens (tertiary/aromatic N) is 2. The zero-order valence-electron chi connectivity index (χ0n) is 15.3. The van der Waals surface area contributed by atoms with E-state index in [1.807, 2.05) is 4.90 Å². The lowest BCUT2D eigenvalue weighted by molar-refractivity contribution is -0.132. The number of anilines is 1. The molecule has 2 aliphatic rings. The molecular weight excluding hydrogens is 356 g/mol. The second-order valence-electron chi connectivity index (χ2n) is 7.04. The molecule has 0 saturated carbocycles. The highest BCUT2D eigenvalue weighted by molar-refractivity contribution is 7.92. The van der Waals surface area contributed by atoms with E-state index in [1.54, 1.807) is 18.2 Å². The van der Waals surface area contributed by atoms with E-state index in [2.05, 4.69) is 6.92 Å². The highest BCUT2D eigenvalue weighted by Gasteiger charge is 2.23. The van der Waals surface area contributed by atoms with Gasteiger partial charge in [-0.05, 0) is 37.3 Å². The molecule has 7 nitrogen and oxygen atoms in total. The summed E-state index contributed by atoms with van der Waals surface area (Å²) < 4.78 is 36.3. The Morgan fingerprint density at radius 2 is 1.92 bits per heavy atom. The summed E-state index contributed by atoms with van der Waals surface area (Å²) in [6, 6.07) is 5.07. The van der Waals surface area contributed by atoms with Gasteiger partial charge in [-0.25, -0.2) is 8.42 Å². The number of benzene rings is 1. The number of piperidine rings is 1. The molecule has 0 atom stereocenters. The van der Waals surface area contributed by atoms with Gasteiger partial charge >= 0.3 is 0 Å². The van der Waals surface area contributed by atoms with E-state index >= 15 is 0 Å². The molecule has 2 aliphatic heterocycles. The number of amides is 1. The molecule has 0 aromatic heterocycles. The van der Waals surface area contributed by atoms with E-state index in [1.165, 1.54) is 10.6 Å². The summed E-state index contributed by atoms with van der Waals surface area (Å²) in [7, 11) is -3.45. The standard InChI is InChI=1S/C18H26N2O5S/c1-14-7-10-19(11-8-14)18(21)4-3-9-20(26(2,22)23)15-5-6-16-17(12-15)25-13-24-16/h5-6,12,14H,3-4,7-11,13H2,1-2H3. The molecule has 1 aromatic carbocycles. The molecule has 2 heterocycles. The monoisotopic (exact) mass is 382 g/mol. The molecule has 26 heavy (non-hydrogen) atoms. The van der Waals surface area contributed by atoms with E-state index in [0.717, 1.165) is 25.9 Å². The second kappa shape index (κ2) is 7.73. The van der Waals surface area contributed by atoms with Crippen molar-refractivity contribution in [1.82, 2.24) is 4.90 Å². The van der Waals surface area contributed by atoms with Crippen molar-refractivity contribution < 1.29 is 22.7 Å². The Balaban J connectivity index is 1.60. The first kappa shape index (κ1) is 18.8. The first-order chi connectivity index (χ1) is 12.3. The third-order valence-corrected chi connectivity index (χ3v) is 6.13. The summed E-state index contributed by atoms with van der Waals surface area (Å²) in [6.45, 7) is 4.21. The van der Waals surface area contributed by atoms with Crippen molar-refractivity contribution in [2.45, 2.75) is 32.6 Å². The van der Waals surface area contributed by atoms with Gasteiger partial charge in [-0.15, -0.1) is 0 Å². The van der Waals surface area contributed by atoms with Gasteiger partial charge in [-0.3, -0.25) is 9.10 Å². The van der Waals surface area contributed by atoms with Crippen molar-refractivity contribution in [1.29, 1.82) is 0 Å². The fourth-order valence-corrected chi connectivity index (χ4v) is 4.27. The molecule has 0 unspecified atom stereocenters. The van der Waals surface area contributed by atoms with Crippen molar-refractivity contribution in [3.05, 3.63) is 18.2 Å². The maximum atomic E-state index is 12.3. The minimum absolute atomic E-state index is 0.107. The zero-order chi connectivity index (χ0) is 18.7. The molecule has 8 heteroatoms. The molecule has 1 fully saturated rings. The number of rotatable bonds is 6. The molecule has 144 valence electrons. The first-order valence-corrected chi connectivity index (χ1v) is 10.8. The van der Waals surface area contributed by atoms with Gasteiger partial charge in [0.2, 0.25) is 22.7 Å². The van der Waals surface area contributed by atoms with Crippen LogP contribution in [0.1, 0.15) is 32.6 Å². The van der Waals surface area contributed by atoms with Crippen LogP contribution in [0.25, 0.3) is 0 Å². The fraction of sp³-hybridized carbons (Fsp3) is 0.611. The predicted octanol–water partition coefficient (Wildman–Crippen LogP) is 2.22. The Bertz CT molecular complexity index is 757. The molecule has 3 rings (SSSR count). The molecule has 0 spiro atoms. The molecule has 1 aromatic rings. The summed E-state index contributed by atoms with van der Waals surface area (Å²) in [5, 5.41) is 0. The van der Waals surface area contributed by atoms with Crippen molar-refractivity contribution in [2.75, 3.05) is 37.0 Å². The summed E-state index contributed by atoms with van der Waals surface area (Å²) in [5.74, 6) is 1.92. The molecule has 1 saturated heterocycles. The van der Waals surface area contributed by atoms with Gasteiger partial charge in [-0.1, -0.05) is 6.92 Å². The van der Waals surface area contributed by atoms with Gasteiger partial charge in [0.15, 0.2) is 11.5 Å². The van der Waals surface area contributed by atoms with E-state index in [-0.39, 0.29) is 19.2 Å². The number of hydrogen-bond acceptors (Lipinski definition) is 5. The lowest BCUT2D eigenvalue weighted by Gasteiger charge is -2.30. The Labute approximate surface area is 154 Å². The number of likely N-dealkylation sites (tertiary alicyclic amines) is 1. The molecular formula is C18H26N2O5S. The topological polar surface area (TPSA) is 76.2 Å². The van der Waals surface area contributed by atoms with Crippen LogP contribution in [0, 0.1) is 5.92 Å². The van der Waals surface area contributed by atoms with Gasteiger partial charge in [0, 0.05) is 32.1 Å². The maximum absolute atomic E-state index is 12.3. The van der Waals surface area contributed by atoms with Gasteiger partial charge in [0.1, 0.15) is 0 Å². The molecule has 0 aliphatic carbocycles. The van der Waals surface area contributed by atoms with Crippen molar-refractivity contribution in [3.63, 3.8) is 0 Å². The second-order valence-corrected chi connectivity index (χ2v) is 8.95. The Morgan fingerprint density at radius 1 is 1.23 bits per heavy atom. The van der Waals surface area contributed by atoms with Crippen LogP contribution in [0.2, 0.25) is 0 Å². The Hall–Kier alpha value is -1.96. The van der Waals surface area contributed by atoms with Crippen molar-refractivity contribution >= 4 is 21.6 Å². The van der Waals surface area contributed by atoms with Crippen LogP contribution in [0.5, 0.6) is 11.5 Å². The van der Waals surface area contributed by atoms with Gasteiger partial charge in [-0.2, -0.15) is 0 Å². The number of sulfonamides is 1. The number of carbonyl (C=O) groups is 1. The van der Waals surface area contributed by atoms with Crippen molar-refractivity contribution in [2.24, 2.45) is 5.92 Å². The number of hydrogen-bond donors (Lipinski definition) is 0. The summed E-state index contributed by atoms with van der Waals surface area (Å²) in [6.07, 6.45) is 4.08. The Morgan fingerprint density at radius 3 is 2.62 bits per heavy atom. The van der Waals surface area contributed by atoms with Crippen molar-refractivity contribution in [3.8, 4) is 11.5 Å². The van der Waals surface area contributed by atoms with Crippen LogP contribution in [0.4, 0.5) is 5.69 Å². The molecule has 0 radical (unpaired) electrons. The van der Waals surface area contributed by atoms with Crippen LogP contribution >= 0.6 is 0 Å². The number of carbonyl (C=O) groups excluding carboxylic acids is 1. The lowest BCUT2D eigenvalue weighted by Crippen LogP contribution is -2.38. The molecule has 1 amide bonds. The van der Waals surface area contributed by atoms with Gasteiger partial charge in [0.05, 0.1) is 11.9 Å². The quantitative estimate of drug-likeness (QED) is 0.754. The lowest BCUT2D eigenvalue weighted by atomic mass is 9.99. The van der Waals surface area contributed by atoms with Gasteiger partial charge in [0.25, 0.3) is 0 Å². The Kier molecular flexibility index (Phi) is 5.60. The first-order valence-electron chi connectivity index (χ1n) is 9.00. The highest BCUT2D eigenvalue weighted by atomic mass is 32.2. The maximum Gasteiger partial charge on any atom is 0.232 e. The number of ether oxygens (including phenoxy) is 2. The molecule has 0 N–H and O–H groups in total. The van der Waals surface area contributed by atoms with E-state index in [9.17, 15) is 13.2 Å². The highest BCUT2D eigenvalue weighted by Crippen LogP contribution is 2.36. The van der Waals surface area contributed by atoms with E-state index in [4.69, 9.17) is 9.47 Å². The zero-order valence-corrected chi connectivity index (χ0v) is 16.1. The average molecular weight is 382 g/mol. The SMILES string of the molecule is CC1CCN(C(=O)CCCN(c2ccc3c(c2)OCO3)S(C)(=O)=O)CC1. The van der Waals surface area contributed by atoms with Crippen LogP contribution in [0.15, 0.2) is 18.2 Å². The fourth-order valence-electron chi connectivity index (χ4n) is 3.32. The van der Waals surface area contributed by atoms with Crippen LogP contribution in [0.3, 0.4) is 0 Å². The largest absolute Gasteiger partial charge is 0.454 e. The normalized spacial score (nSPS) is 17.4. The third-order valence-electron chi connectivity index (χ3n) is 4.93. The van der Waals surface area contributed by atoms with Gasteiger partial charge < -0.3 is 14.4 Å². The van der Waals surface area contributed by atoms with E-state index in [0.29, 0.717) is 35.9 Å². The molecule has 0 bridgehead atoms. The minimum atomic E-state index is -3.45. The smallest absolute Gasteiger partial charge is 0.232 e. The third kappa shape index (κ3) is 4.41. The van der Waals surface area contributed by atoms with Crippen LogP contribution in [-0.4, -0.2) is 51.9 Å². The van der Waals surface area contributed by atoms with E-state index < -0.39 is 10.0 Å². The van der Waals surface area contributed by atoms with Crippen LogP contribution < -0.4 is 13.8 Å². The summed E-state index contributed by atoms with van der Waals surface area (Å²) in [5.41, 5.74) is 0.524. The number of fused-ring (bicyclic) bond motifs is 1. The minimum Gasteiger partial charge on any atom is -0.454 e. The van der Waals surface area contributed by atoms with Crippen LogP contribution in [-0.2, 0) is 14.8 Å². The average Bonchev–Trinajstić information content (AvgIpc) is 3.05. The summed E-state index contributed by atoms with van der Waals surface area (Å²) >= 11 is 0. The predicted molar refractivity (Wildman–Crippen MR) is 99.0 cm³/mol.